The van der Waals surface area contributed by atoms with Crippen LogP contribution in [0.1, 0.15) is 5.56 Å². The first-order valence-electron chi connectivity index (χ1n) is 4.72. The summed E-state index contributed by atoms with van der Waals surface area (Å²) in [5.41, 5.74) is 6.03. The molecule has 82 valence electrons. The van der Waals surface area contributed by atoms with Gasteiger partial charge in [0.05, 0.1) is 6.20 Å². The van der Waals surface area contributed by atoms with Gasteiger partial charge in [-0.15, -0.1) is 0 Å². The Bertz CT molecular complexity index is 476. The Morgan fingerprint density at radius 3 is 2.88 bits per heavy atom. The number of hydrogen-bond donors (Lipinski definition) is 1. The van der Waals surface area contributed by atoms with Crippen molar-refractivity contribution in [2.24, 2.45) is 5.73 Å². The lowest BCUT2D eigenvalue weighted by Gasteiger charge is -2.07. The van der Waals surface area contributed by atoms with Crippen LogP contribution in [0.15, 0.2) is 46.7 Å². The highest BCUT2D eigenvalue weighted by Gasteiger charge is 2.08. The minimum atomic E-state index is -0.281. The molecule has 0 amide bonds. The molecule has 0 unspecified atom stereocenters. The smallest absolute Gasteiger partial charge is 0.128 e. The molecule has 0 fully saturated rings. The average molecular weight is 235 g/mol. The standard InChI is InChI=1S/C11H10FN3S/c12-9-2-1-3-10(8(9)6-13)16-11-7-14-4-5-15-11/h1-5,7H,6,13H2. The van der Waals surface area contributed by atoms with Crippen molar-refractivity contribution in [3.63, 3.8) is 0 Å². The van der Waals surface area contributed by atoms with Crippen molar-refractivity contribution in [1.82, 2.24) is 9.97 Å². The topological polar surface area (TPSA) is 51.8 Å². The Balaban J connectivity index is 2.31. The number of nitrogens with two attached hydrogens (primary N) is 1. The molecule has 0 saturated carbocycles. The zero-order valence-corrected chi connectivity index (χ0v) is 9.25. The van der Waals surface area contributed by atoms with Gasteiger partial charge in [-0.1, -0.05) is 17.8 Å². The third-order valence-electron chi connectivity index (χ3n) is 2.03. The first-order valence-corrected chi connectivity index (χ1v) is 5.54. The van der Waals surface area contributed by atoms with E-state index in [2.05, 4.69) is 9.97 Å². The third-order valence-corrected chi connectivity index (χ3v) is 3.06. The van der Waals surface area contributed by atoms with Crippen molar-refractivity contribution in [3.8, 4) is 0 Å². The van der Waals surface area contributed by atoms with E-state index in [9.17, 15) is 4.39 Å². The summed E-state index contributed by atoms with van der Waals surface area (Å²) < 4.78 is 13.4. The second kappa shape index (κ2) is 5.05. The average Bonchev–Trinajstić information content (AvgIpc) is 2.31. The van der Waals surface area contributed by atoms with E-state index in [1.54, 1.807) is 24.7 Å². The molecule has 2 aromatic rings. The van der Waals surface area contributed by atoms with Gasteiger partial charge in [0.2, 0.25) is 0 Å². The lowest BCUT2D eigenvalue weighted by molar-refractivity contribution is 0.604. The summed E-state index contributed by atoms with van der Waals surface area (Å²) >= 11 is 1.36. The SMILES string of the molecule is NCc1c(F)cccc1Sc1cnccn1. The zero-order chi connectivity index (χ0) is 11.4. The van der Waals surface area contributed by atoms with Crippen molar-refractivity contribution in [1.29, 1.82) is 0 Å². The van der Waals surface area contributed by atoms with Crippen LogP contribution >= 0.6 is 11.8 Å². The van der Waals surface area contributed by atoms with Crippen LogP contribution in [0, 0.1) is 5.82 Å². The van der Waals surface area contributed by atoms with Crippen LogP contribution in [0.3, 0.4) is 0 Å². The van der Waals surface area contributed by atoms with E-state index in [1.807, 2.05) is 6.07 Å². The van der Waals surface area contributed by atoms with E-state index in [4.69, 9.17) is 5.73 Å². The summed E-state index contributed by atoms with van der Waals surface area (Å²) in [6.07, 6.45) is 4.83. The first kappa shape index (κ1) is 11.0. The normalized spacial score (nSPS) is 10.4. The van der Waals surface area contributed by atoms with Crippen molar-refractivity contribution in [2.45, 2.75) is 16.5 Å². The molecule has 0 saturated heterocycles. The predicted molar refractivity (Wildman–Crippen MR) is 60.4 cm³/mol. The van der Waals surface area contributed by atoms with Gasteiger partial charge in [0, 0.05) is 29.4 Å². The second-order valence-electron chi connectivity index (χ2n) is 3.07. The fraction of sp³-hybridized carbons (Fsp3) is 0.0909. The molecule has 0 spiro atoms. The largest absolute Gasteiger partial charge is 0.326 e. The summed E-state index contributed by atoms with van der Waals surface area (Å²) in [5, 5.41) is 0.725. The van der Waals surface area contributed by atoms with Gasteiger partial charge in [0.15, 0.2) is 0 Å². The molecule has 0 radical (unpaired) electrons. The minimum Gasteiger partial charge on any atom is -0.326 e. The molecule has 0 bridgehead atoms. The maximum atomic E-state index is 13.4. The summed E-state index contributed by atoms with van der Waals surface area (Å²) in [6, 6.07) is 4.89. The van der Waals surface area contributed by atoms with E-state index in [-0.39, 0.29) is 12.4 Å². The lowest BCUT2D eigenvalue weighted by atomic mass is 10.2. The molecule has 1 aromatic heterocycles. The van der Waals surface area contributed by atoms with Crippen LogP contribution in [-0.4, -0.2) is 9.97 Å². The highest BCUT2D eigenvalue weighted by Crippen LogP contribution is 2.29. The zero-order valence-electron chi connectivity index (χ0n) is 8.43. The van der Waals surface area contributed by atoms with Gasteiger partial charge < -0.3 is 5.73 Å². The number of nitrogens with zero attached hydrogens (tertiary/aromatic N) is 2. The number of halogens is 1. The molecule has 1 heterocycles. The first-order chi connectivity index (χ1) is 7.81. The van der Waals surface area contributed by atoms with Crippen LogP contribution < -0.4 is 5.73 Å². The van der Waals surface area contributed by atoms with Crippen molar-refractivity contribution in [3.05, 3.63) is 48.2 Å². The number of benzene rings is 1. The van der Waals surface area contributed by atoms with Gasteiger partial charge >= 0.3 is 0 Å². The molecule has 0 atom stereocenters. The molecule has 1 aromatic carbocycles. The molecule has 0 aliphatic carbocycles. The third kappa shape index (κ3) is 2.37. The van der Waals surface area contributed by atoms with E-state index in [0.29, 0.717) is 5.56 Å². The molecular weight excluding hydrogens is 225 g/mol. The molecule has 0 aliphatic heterocycles. The minimum absolute atomic E-state index is 0.176. The van der Waals surface area contributed by atoms with Gasteiger partial charge in [-0.25, -0.2) is 9.37 Å². The van der Waals surface area contributed by atoms with Crippen LogP contribution in [0.5, 0.6) is 0 Å². The number of aromatic nitrogens is 2. The molecule has 0 aliphatic rings. The van der Waals surface area contributed by atoms with Gasteiger partial charge in [0.1, 0.15) is 10.8 Å². The lowest BCUT2D eigenvalue weighted by Crippen LogP contribution is -2.01. The monoisotopic (exact) mass is 235 g/mol. The molecular formula is C11H10FN3S. The van der Waals surface area contributed by atoms with Gasteiger partial charge in [0.25, 0.3) is 0 Å². The Kier molecular flexibility index (Phi) is 3.48. The maximum absolute atomic E-state index is 13.4. The second-order valence-corrected chi connectivity index (χ2v) is 4.13. The van der Waals surface area contributed by atoms with E-state index < -0.39 is 0 Å². The van der Waals surface area contributed by atoms with E-state index in [0.717, 1.165) is 9.92 Å². The molecule has 2 N–H and O–H groups in total. The Hall–Kier alpha value is -1.46. The van der Waals surface area contributed by atoms with Crippen LogP contribution in [0.25, 0.3) is 0 Å². The molecule has 2 rings (SSSR count). The van der Waals surface area contributed by atoms with Crippen LogP contribution in [-0.2, 0) is 6.54 Å². The Morgan fingerprint density at radius 2 is 2.19 bits per heavy atom. The highest BCUT2D eigenvalue weighted by molar-refractivity contribution is 7.99. The fourth-order valence-corrected chi connectivity index (χ4v) is 2.19. The Morgan fingerprint density at radius 1 is 1.31 bits per heavy atom. The van der Waals surface area contributed by atoms with Gasteiger partial charge in [-0.05, 0) is 12.1 Å². The van der Waals surface area contributed by atoms with Gasteiger partial charge in [-0.2, -0.15) is 0 Å². The summed E-state index contributed by atoms with van der Waals surface area (Å²) in [4.78, 5) is 8.85. The predicted octanol–water partition coefficient (Wildman–Crippen LogP) is 2.23. The van der Waals surface area contributed by atoms with Crippen LogP contribution in [0.4, 0.5) is 4.39 Å². The van der Waals surface area contributed by atoms with Gasteiger partial charge in [-0.3, -0.25) is 4.98 Å². The quantitative estimate of drug-likeness (QED) is 0.886. The summed E-state index contributed by atoms with van der Waals surface area (Å²) in [6.45, 7) is 0.176. The van der Waals surface area contributed by atoms with E-state index >= 15 is 0 Å². The van der Waals surface area contributed by atoms with Crippen LogP contribution in [0.2, 0.25) is 0 Å². The Labute approximate surface area is 96.9 Å². The number of hydrogen-bond acceptors (Lipinski definition) is 4. The van der Waals surface area contributed by atoms with Crippen molar-refractivity contribution in [2.75, 3.05) is 0 Å². The maximum Gasteiger partial charge on any atom is 0.128 e. The number of rotatable bonds is 3. The summed E-state index contributed by atoms with van der Waals surface area (Å²) in [5.74, 6) is -0.281. The van der Waals surface area contributed by atoms with E-state index in [1.165, 1.54) is 17.8 Å². The van der Waals surface area contributed by atoms with Crippen molar-refractivity contribution < 1.29 is 4.39 Å². The molecule has 5 heteroatoms. The van der Waals surface area contributed by atoms with Crippen molar-refractivity contribution >= 4 is 11.8 Å². The summed E-state index contributed by atoms with van der Waals surface area (Å²) in [7, 11) is 0. The highest BCUT2D eigenvalue weighted by atomic mass is 32.2. The molecule has 16 heavy (non-hydrogen) atoms. The molecule has 3 nitrogen and oxygen atoms in total. The fourth-order valence-electron chi connectivity index (χ4n) is 1.28.